The first-order valence-electron chi connectivity index (χ1n) is 5.39. The highest BCUT2D eigenvalue weighted by Crippen LogP contribution is 2.22. The Morgan fingerprint density at radius 2 is 2.21 bits per heavy atom. The van der Waals surface area contributed by atoms with Crippen LogP contribution in [0.3, 0.4) is 0 Å². The van der Waals surface area contributed by atoms with E-state index < -0.39 is 0 Å². The smallest absolute Gasteiger partial charge is 0.252 e. The molecule has 0 saturated carbocycles. The van der Waals surface area contributed by atoms with Crippen LogP contribution < -0.4 is 5.32 Å². The summed E-state index contributed by atoms with van der Waals surface area (Å²) in [6, 6.07) is 5.53. The van der Waals surface area contributed by atoms with Crippen LogP contribution in [-0.2, 0) is 6.42 Å². The van der Waals surface area contributed by atoms with Crippen molar-refractivity contribution in [3.8, 4) is 0 Å². The van der Waals surface area contributed by atoms with Crippen LogP contribution in [0.4, 0.5) is 0 Å². The van der Waals surface area contributed by atoms with Gasteiger partial charge < -0.3 is 5.32 Å². The third-order valence-corrected chi connectivity index (χ3v) is 4.71. The Morgan fingerprint density at radius 3 is 2.84 bits per heavy atom. The molecule has 2 heterocycles. The molecule has 7 heteroatoms. The summed E-state index contributed by atoms with van der Waals surface area (Å²) in [6.07, 6.45) is 2.20. The number of carbonyl (C=O) groups excluding carboxylic acids is 1. The molecular formula is C12H9BrCl2N2OS. The van der Waals surface area contributed by atoms with Crippen molar-refractivity contribution >= 4 is 56.4 Å². The zero-order valence-electron chi connectivity index (χ0n) is 9.62. The van der Waals surface area contributed by atoms with E-state index in [1.807, 2.05) is 12.1 Å². The van der Waals surface area contributed by atoms with Crippen molar-refractivity contribution in [3.05, 3.63) is 48.8 Å². The van der Waals surface area contributed by atoms with Crippen molar-refractivity contribution in [1.29, 1.82) is 0 Å². The van der Waals surface area contributed by atoms with E-state index in [9.17, 15) is 4.79 Å². The largest absolute Gasteiger partial charge is 0.352 e. The number of aromatic nitrogens is 1. The normalized spacial score (nSPS) is 10.5. The van der Waals surface area contributed by atoms with Crippen molar-refractivity contribution in [1.82, 2.24) is 10.3 Å². The van der Waals surface area contributed by atoms with Crippen LogP contribution in [0, 0.1) is 0 Å². The van der Waals surface area contributed by atoms with Gasteiger partial charge in [-0.05, 0) is 40.5 Å². The summed E-state index contributed by atoms with van der Waals surface area (Å²) in [5.41, 5.74) is 0.404. The number of pyridine rings is 1. The van der Waals surface area contributed by atoms with Crippen molar-refractivity contribution in [2.75, 3.05) is 6.54 Å². The fourth-order valence-corrected chi connectivity index (χ4v) is 3.19. The zero-order chi connectivity index (χ0) is 13.8. The Bertz CT molecular complexity index is 603. The SMILES string of the molecule is O=C(NCCc1ccc(Br)s1)c1cnc(Cl)c(Cl)c1. The summed E-state index contributed by atoms with van der Waals surface area (Å²) in [5, 5.41) is 3.28. The lowest BCUT2D eigenvalue weighted by Gasteiger charge is -2.04. The molecule has 0 aromatic carbocycles. The molecule has 100 valence electrons. The monoisotopic (exact) mass is 378 g/mol. The van der Waals surface area contributed by atoms with E-state index in [1.165, 1.54) is 17.1 Å². The quantitative estimate of drug-likeness (QED) is 0.809. The topological polar surface area (TPSA) is 42.0 Å². The molecule has 0 spiro atoms. The molecule has 0 fully saturated rings. The standard InChI is InChI=1S/C12H9BrCl2N2OS/c13-10-2-1-8(19-10)3-4-16-12(18)7-5-9(14)11(15)17-6-7/h1-2,5-6H,3-4H2,(H,16,18). The van der Waals surface area contributed by atoms with Crippen LogP contribution in [0.1, 0.15) is 15.2 Å². The fraction of sp³-hybridized carbons (Fsp3) is 0.167. The van der Waals surface area contributed by atoms with Gasteiger partial charge in [-0.1, -0.05) is 23.2 Å². The molecule has 19 heavy (non-hydrogen) atoms. The molecule has 0 aliphatic rings. The van der Waals surface area contributed by atoms with E-state index in [2.05, 4.69) is 26.2 Å². The number of halogens is 3. The Balaban J connectivity index is 1.89. The summed E-state index contributed by atoms with van der Waals surface area (Å²) < 4.78 is 1.09. The molecule has 2 aromatic rings. The number of hydrogen-bond acceptors (Lipinski definition) is 3. The first-order valence-corrected chi connectivity index (χ1v) is 7.76. The summed E-state index contributed by atoms with van der Waals surface area (Å²) in [5.74, 6) is -0.207. The second kappa shape index (κ2) is 6.70. The van der Waals surface area contributed by atoms with Crippen molar-refractivity contribution in [2.45, 2.75) is 6.42 Å². The minimum atomic E-state index is -0.207. The van der Waals surface area contributed by atoms with Gasteiger partial charge in [0.2, 0.25) is 0 Å². The lowest BCUT2D eigenvalue weighted by Crippen LogP contribution is -2.25. The van der Waals surface area contributed by atoms with Crippen LogP contribution in [0.25, 0.3) is 0 Å². The lowest BCUT2D eigenvalue weighted by atomic mass is 10.2. The van der Waals surface area contributed by atoms with E-state index in [1.54, 1.807) is 11.3 Å². The van der Waals surface area contributed by atoms with Crippen molar-refractivity contribution < 1.29 is 4.79 Å². The molecule has 0 unspecified atom stereocenters. The van der Waals surface area contributed by atoms with Crippen LogP contribution in [0.2, 0.25) is 10.2 Å². The van der Waals surface area contributed by atoms with Gasteiger partial charge in [-0.3, -0.25) is 4.79 Å². The fourth-order valence-electron chi connectivity index (χ4n) is 1.43. The summed E-state index contributed by atoms with van der Waals surface area (Å²) in [7, 11) is 0. The van der Waals surface area contributed by atoms with E-state index in [0.29, 0.717) is 12.1 Å². The molecule has 0 saturated heterocycles. The van der Waals surface area contributed by atoms with E-state index in [-0.39, 0.29) is 16.1 Å². The molecule has 0 aliphatic heterocycles. The summed E-state index contributed by atoms with van der Waals surface area (Å²) >= 11 is 16.6. The molecule has 1 N–H and O–H groups in total. The molecule has 0 atom stereocenters. The van der Waals surface area contributed by atoms with Gasteiger partial charge in [-0.2, -0.15) is 0 Å². The number of thiophene rings is 1. The molecule has 0 aliphatic carbocycles. The van der Waals surface area contributed by atoms with Gasteiger partial charge >= 0.3 is 0 Å². The average molecular weight is 380 g/mol. The van der Waals surface area contributed by atoms with Crippen molar-refractivity contribution in [2.24, 2.45) is 0 Å². The molecule has 0 bridgehead atoms. The maximum Gasteiger partial charge on any atom is 0.252 e. The van der Waals surface area contributed by atoms with Crippen LogP contribution >= 0.6 is 50.5 Å². The molecule has 0 radical (unpaired) electrons. The van der Waals surface area contributed by atoms with Gasteiger partial charge in [-0.15, -0.1) is 11.3 Å². The van der Waals surface area contributed by atoms with Crippen molar-refractivity contribution in [3.63, 3.8) is 0 Å². The number of nitrogens with zero attached hydrogens (tertiary/aromatic N) is 1. The van der Waals surface area contributed by atoms with Gasteiger partial charge in [0, 0.05) is 17.6 Å². The lowest BCUT2D eigenvalue weighted by molar-refractivity contribution is 0.0954. The molecule has 1 amide bonds. The highest BCUT2D eigenvalue weighted by atomic mass is 79.9. The number of hydrogen-bond donors (Lipinski definition) is 1. The summed E-state index contributed by atoms with van der Waals surface area (Å²) in [6.45, 7) is 0.562. The van der Waals surface area contributed by atoms with Gasteiger partial charge in [0.1, 0.15) is 5.15 Å². The van der Waals surface area contributed by atoms with Crippen LogP contribution in [0.5, 0.6) is 0 Å². The number of carbonyl (C=O) groups is 1. The maximum atomic E-state index is 11.8. The van der Waals surface area contributed by atoms with E-state index >= 15 is 0 Å². The highest BCUT2D eigenvalue weighted by molar-refractivity contribution is 9.11. The first kappa shape index (κ1) is 14.8. The van der Waals surface area contributed by atoms with E-state index in [4.69, 9.17) is 23.2 Å². The minimum absolute atomic E-state index is 0.196. The number of amides is 1. The number of rotatable bonds is 4. The molecule has 3 nitrogen and oxygen atoms in total. The predicted octanol–water partition coefficient (Wildman–Crippen LogP) is 4.18. The molecule has 2 rings (SSSR count). The second-order valence-corrected chi connectivity index (χ2v) is 7.02. The van der Waals surface area contributed by atoms with E-state index in [0.717, 1.165) is 10.2 Å². The predicted molar refractivity (Wildman–Crippen MR) is 82.3 cm³/mol. The van der Waals surface area contributed by atoms with Gasteiger partial charge in [-0.25, -0.2) is 4.98 Å². The van der Waals surface area contributed by atoms with Crippen LogP contribution in [0.15, 0.2) is 28.2 Å². The Labute approximate surface area is 133 Å². The number of nitrogens with one attached hydrogen (secondary N) is 1. The van der Waals surface area contributed by atoms with Gasteiger partial charge in [0.25, 0.3) is 5.91 Å². The highest BCUT2D eigenvalue weighted by Gasteiger charge is 2.08. The molecular weight excluding hydrogens is 371 g/mol. The Hall–Kier alpha value is -0.620. The zero-order valence-corrected chi connectivity index (χ0v) is 13.5. The third-order valence-electron chi connectivity index (χ3n) is 2.34. The second-order valence-electron chi connectivity index (χ2n) is 3.71. The average Bonchev–Trinajstić information content (AvgIpc) is 2.78. The first-order chi connectivity index (χ1) is 9.06. The maximum absolute atomic E-state index is 11.8. The molecule has 2 aromatic heterocycles. The van der Waals surface area contributed by atoms with Crippen LogP contribution in [-0.4, -0.2) is 17.4 Å². The summed E-state index contributed by atoms with van der Waals surface area (Å²) in [4.78, 5) is 16.9. The Kier molecular flexibility index (Phi) is 5.21. The van der Waals surface area contributed by atoms with Gasteiger partial charge in [0.15, 0.2) is 0 Å². The van der Waals surface area contributed by atoms with Gasteiger partial charge in [0.05, 0.1) is 14.4 Å². The minimum Gasteiger partial charge on any atom is -0.352 e. The third kappa shape index (κ3) is 4.18. The Morgan fingerprint density at radius 1 is 1.42 bits per heavy atom.